The number of benzene rings is 1. The smallest absolute Gasteiger partial charge is 0.135 e. The molecule has 0 N–H and O–H groups in total. The Labute approximate surface area is 101 Å². The zero-order chi connectivity index (χ0) is 11.4. The summed E-state index contributed by atoms with van der Waals surface area (Å²) in [6.45, 7) is 2.88. The van der Waals surface area contributed by atoms with Crippen LogP contribution in [0.15, 0.2) is 24.3 Å². The summed E-state index contributed by atoms with van der Waals surface area (Å²) >= 11 is 5.83. The molecule has 1 aliphatic rings. The molecule has 1 heterocycles. The van der Waals surface area contributed by atoms with Crippen molar-refractivity contribution in [3.8, 4) is 0 Å². The quantitative estimate of drug-likeness (QED) is 0.805. The van der Waals surface area contributed by atoms with Crippen LogP contribution in [-0.4, -0.2) is 30.3 Å². The Morgan fingerprint density at radius 2 is 1.75 bits per heavy atom. The van der Waals surface area contributed by atoms with Crippen molar-refractivity contribution in [1.82, 2.24) is 4.90 Å². The van der Waals surface area contributed by atoms with E-state index in [4.69, 9.17) is 11.6 Å². The number of likely N-dealkylation sites (tertiary alicyclic amines) is 1. The van der Waals surface area contributed by atoms with E-state index < -0.39 is 0 Å². The maximum absolute atomic E-state index is 11.1. The van der Waals surface area contributed by atoms with Crippen LogP contribution in [-0.2, 0) is 11.2 Å². The van der Waals surface area contributed by atoms with Crippen molar-refractivity contribution in [2.75, 3.05) is 19.6 Å². The second-order valence-electron chi connectivity index (χ2n) is 4.26. The van der Waals surface area contributed by atoms with E-state index in [1.54, 1.807) is 0 Å². The molecule has 1 aromatic rings. The van der Waals surface area contributed by atoms with Gasteiger partial charge >= 0.3 is 0 Å². The van der Waals surface area contributed by atoms with E-state index in [0.29, 0.717) is 5.78 Å². The van der Waals surface area contributed by atoms with Crippen molar-refractivity contribution in [2.24, 2.45) is 0 Å². The number of piperidine rings is 1. The van der Waals surface area contributed by atoms with Gasteiger partial charge in [-0.25, -0.2) is 0 Å². The van der Waals surface area contributed by atoms with Crippen molar-refractivity contribution in [2.45, 2.75) is 19.3 Å². The third-order valence-electron chi connectivity index (χ3n) is 3.04. The number of hydrogen-bond acceptors (Lipinski definition) is 2. The summed E-state index contributed by atoms with van der Waals surface area (Å²) in [7, 11) is 0. The van der Waals surface area contributed by atoms with Gasteiger partial charge < -0.3 is 4.90 Å². The van der Waals surface area contributed by atoms with Crippen LogP contribution < -0.4 is 0 Å². The third kappa shape index (κ3) is 3.32. The first-order chi connectivity index (χ1) is 7.74. The molecule has 0 saturated carbocycles. The molecule has 0 aromatic heterocycles. The molecule has 0 unspecified atom stereocenters. The minimum absolute atomic E-state index is 0.405. The average Bonchev–Trinajstić information content (AvgIpc) is 2.30. The second kappa shape index (κ2) is 5.46. The summed E-state index contributed by atoms with van der Waals surface area (Å²) in [5, 5.41) is 0.785. The lowest BCUT2D eigenvalue weighted by molar-refractivity contribution is -0.121. The highest BCUT2D eigenvalue weighted by Crippen LogP contribution is 2.11. The SMILES string of the molecule is O=C1CCN(CCc2ccc(Cl)cc2)CC1. The predicted octanol–water partition coefficient (Wildman–Crippen LogP) is 2.55. The normalized spacial score (nSPS) is 17.7. The fourth-order valence-corrected chi connectivity index (χ4v) is 2.09. The number of hydrogen-bond donors (Lipinski definition) is 0. The van der Waals surface area contributed by atoms with Crippen LogP contribution in [0.1, 0.15) is 18.4 Å². The number of nitrogens with zero attached hydrogens (tertiary/aromatic N) is 1. The molecule has 0 amide bonds. The van der Waals surface area contributed by atoms with Crippen LogP contribution >= 0.6 is 11.6 Å². The summed E-state index contributed by atoms with van der Waals surface area (Å²) in [6.07, 6.45) is 2.48. The molecule has 3 heteroatoms. The Hall–Kier alpha value is -0.860. The number of carbonyl (C=O) groups excluding carboxylic acids is 1. The van der Waals surface area contributed by atoms with Crippen molar-refractivity contribution in [3.05, 3.63) is 34.9 Å². The zero-order valence-electron chi connectivity index (χ0n) is 9.29. The number of rotatable bonds is 3. The first-order valence-electron chi connectivity index (χ1n) is 5.72. The fraction of sp³-hybridized carbons (Fsp3) is 0.462. The summed E-state index contributed by atoms with van der Waals surface area (Å²) in [5.41, 5.74) is 1.31. The van der Waals surface area contributed by atoms with E-state index in [2.05, 4.69) is 17.0 Å². The Bertz CT molecular complexity index is 351. The van der Waals surface area contributed by atoms with Gasteiger partial charge in [0.2, 0.25) is 0 Å². The minimum Gasteiger partial charge on any atom is -0.302 e. The van der Waals surface area contributed by atoms with E-state index >= 15 is 0 Å². The summed E-state index contributed by atoms with van der Waals surface area (Å²) in [5.74, 6) is 0.405. The second-order valence-corrected chi connectivity index (χ2v) is 4.69. The summed E-state index contributed by atoms with van der Waals surface area (Å²) in [4.78, 5) is 13.4. The monoisotopic (exact) mass is 237 g/mol. The van der Waals surface area contributed by atoms with E-state index in [-0.39, 0.29) is 0 Å². The van der Waals surface area contributed by atoms with Crippen LogP contribution in [0.25, 0.3) is 0 Å². The van der Waals surface area contributed by atoms with Gasteiger partial charge in [0, 0.05) is 37.5 Å². The third-order valence-corrected chi connectivity index (χ3v) is 3.30. The van der Waals surface area contributed by atoms with Gasteiger partial charge in [0.1, 0.15) is 5.78 Å². The highest BCUT2D eigenvalue weighted by atomic mass is 35.5. The summed E-state index contributed by atoms with van der Waals surface area (Å²) < 4.78 is 0. The van der Waals surface area contributed by atoms with Gasteiger partial charge in [-0.15, -0.1) is 0 Å². The molecule has 16 heavy (non-hydrogen) atoms. The van der Waals surface area contributed by atoms with Crippen molar-refractivity contribution >= 4 is 17.4 Å². The number of Topliss-reactive ketones (excluding diaryl/α,β-unsaturated/α-hetero) is 1. The van der Waals surface area contributed by atoms with Gasteiger partial charge in [0.15, 0.2) is 0 Å². The molecular weight excluding hydrogens is 222 g/mol. The molecule has 0 bridgehead atoms. The lowest BCUT2D eigenvalue weighted by Crippen LogP contribution is -2.35. The molecule has 0 aliphatic carbocycles. The van der Waals surface area contributed by atoms with Crippen LogP contribution in [0.2, 0.25) is 5.02 Å². The molecule has 1 fully saturated rings. The van der Waals surface area contributed by atoms with Gasteiger partial charge in [0.25, 0.3) is 0 Å². The molecular formula is C13H16ClNO. The molecule has 1 saturated heterocycles. The average molecular weight is 238 g/mol. The van der Waals surface area contributed by atoms with Gasteiger partial charge in [-0.1, -0.05) is 23.7 Å². The lowest BCUT2D eigenvalue weighted by atomic mass is 10.1. The standard InChI is InChI=1S/C13H16ClNO/c14-12-3-1-11(2-4-12)5-8-15-9-6-13(16)7-10-15/h1-4H,5-10H2. The van der Waals surface area contributed by atoms with Gasteiger partial charge in [-0.05, 0) is 24.1 Å². The van der Waals surface area contributed by atoms with Crippen molar-refractivity contribution in [3.63, 3.8) is 0 Å². The Kier molecular flexibility index (Phi) is 3.97. The lowest BCUT2D eigenvalue weighted by Gasteiger charge is -2.25. The molecule has 0 radical (unpaired) electrons. The van der Waals surface area contributed by atoms with Crippen LogP contribution in [0.3, 0.4) is 0 Å². The van der Waals surface area contributed by atoms with Crippen molar-refractivity contribution in [1.29, 1.82) is 0 Å². The Balaban J connectivity index is 1.79. The molecule has 1 aromatic carbocycles. The van der Waals surface area contributed by atoms with E-state index in [1.807, 2.05) is 12.1 Å². The first kappa shape index (κ1) is 11.6. The topological polar surface area (TPSA) is 20.3 Å². The molecule has 0 spiro atoms. The number of ketones is 1. The zero-order valence-corrected chi connectivity index (χ0v) is 10.0. The summed E-state index contributed by atoms with van der Waals surface area (Å²) in [6, 6.07) is 7.99. The van der Waals surface area contributed by atoms with E-state index in [9.17, 15) is 4.79 Å². The van der Waals surface area contributed by atoms with E-state index in [1.165, 1.54) is 5.56 Å². The maximum Gasteiger partial charge on any atom is 0.135 e. The molecule has 2 nitrogen and oxygen atoms in total. The fourth-order valence-electron chi connectivity index (χ4n) is 1.96. The minimum atomic E-state index is 0.405. The largest absolute Gasteiger partial charge is 0.302 e. The van der Waals surface area contributed by atoms with Gasteiger partial charge in [-0.2, -0.15) is 0 Å². The Morgan fingerprint density at radius 1 is 1.12 bits per heavy atom. The number of carbonyl (C=O) groups is 1. The van der Waals surface area contributed by atoms with Crippen molar-refractivity contribution < 1.29 is 4.79 Å². The van der Waals surface area contributed by atoms with Gasteiger partial charge in [0.05, 0.1) is 0 Å². The molecule has 0 atom stereocenters. The van der Waals surface area contributed by atoms with Gasteiger partial charge in [-0.3, -0.25) is 4.79 Å². The highest BCUT2D eigenvalue weighted by molar-refractivity contribution is 6.30. The molecule has 1 aliphatic heterocycles. The van der Waals surface area contributed by atoms with Crippen LogP contribution in [0.5, 0.6) is 0 Å². The highest BCUT2D eigenvalue weighted by Gasteiger charge is 2.15. The maximum atomic E-state index is 11.1. The van der Waals surface area contributed by atoms with E-state index in [0.717, 1.165) is 43.9 Å². The Morgan fingerprint density at radius 3 is 2.38 bits per heavy atom. The molecule has 86 valence electrons. The van der Waals surface area contributed by atoms with Crippen LogP contribution in [0, 0.1) is 0 Å². The first-order valence-corrected chi connectivity index (χ1v) is 6.10. The number of halogens is 1. The van der Waals surface area contributed by atoms with Crippen LogP contribution in [0.4, 0.5) is 0 Å². The predicted molar refractivity (Wildman–Crippen MR) is 65.8 cm³/mol. The molecule has 2 rings (SSSR count).